The molecule has 0 aliphatic rings. The molecule has 0 aliphatic carbocycles. The Hall–Kier alpha value is -1.96. The van der Waals surface area contributed by atoms with Gasteiger partial charge in [-0.15, -0.1) is 0 Å². The number of rotatable bonds is 5. The van der Waals surface area contributed by atoms with Gasteiger partial charge in [0.2, 0.25) is 0 Å². The highest BCUT2D eigenvalue weighted by atomic mass is 19.4. The van der Waals surface area contributed by atoms with Crippen molar-refractivity contribution < 1.29 is 22.0 Å². The van der Waals surface area contributed by atoms with Crippen LogP contribution < -0.4 is 5.32 Å². The van der Waals surface area contributed by atoms with Crippen molar-refractivity contribution >= 4 is 0 Å². The Labute approximate surface area is 136 Å². The fraction of sp³-hybridized carbons (Fsp3) is 0.438. The summed E-state index contributed by atoms with van der Waals surface area (Å²) in [4.78, 5) is 3.68. The number of nitrogens with zero attached hydrogens (tertiary/aromatic N) is 2. The van der Waals surface area contributed by atoms with Gasteiger partial charge in [0.25, 0.3) is 6.43 Å². The predicted molar refractivity (Wildman–Crippen MR) is 80.9 cm³/mol. The van der Waals surface area contributed by atoms with Crippen molar-refractivity contribution in [3.8, 4) is 11.4 Å². The third kappa shape index (κ3) is 3.75. The van der Waals surface area contributed by atoms with Crippen LogP contribution in [-0.2, 0) is 6.18 Å². The van der Waals surface area contributed by atoms with Crippen molar-refractivity contribution in [3.63, 3.8) is 0 Å². The van der Waals surface area contributed by atoms with E-state index in [1.54, 1.807) is 13.8 Å². The standard InChI is InChI=1S/C16H18F5N3/c1-9(2)24-8-12(16(19,20)21)23-15(24)11-6-4-10(5-7-11)13(22-3)14(17)18/h4-9,13-14,22H,1-3H3/t13-/m1/s1. The molecule has 8 heteroatoms. The number of hydrogen-bond acceptors (Lipinski definition) is 2. The summed E-state index contributed by atoms with van der Waals surface area (Å²) in [6, 6.07) is 4.58. The van der Waals surface area contributed by atoms with Gasteiger partial charge in [-0.1, -0.05) is 24.3 Å². The van der Waals surface area contributed by atoms with Crippen LogP contribution in [0, 0.1) is 0 Å². The highest BCUT2D eigenvalue weighted by Crippen LogP contribution is 2.33. The van der Waals surface area contributed by atoms with Gasteiger partial charge in [-0.25, -0.2) is 13.8 Å². The molecule has 0 saturated heterocycles. The van der Waals surface area contributed by atoms with Crippen molar-refractivity contribution in [2.75, 3.05) is 7.05 Å². The first-order chi connectivity index (χ1) is 11.1. The van der Waals surface area contributed by atoms with Crippen LogP contribution >= 0.6 is 0 Å². The molecular weight excluding hydrogens is 329 g/mol. The van der Waals surface area contributed by atoms with Gasteiger partial charge in [0.05, 0.1) is 6.04 Å². The van der Waals surface area contributed by atoms with Crippen LogP contribution in [0.1, 0.15) is 37.2 Å². The van der Waals surface area contributed by atoms with Gasteiger partial charge in [-0.3, -0.25) is 0 Å². The van der Waals surface area contributed by atoms with Crippen LogP contribution in [0.3, 0.4) is 0 Å². The molecule has 0 radical (unpaired) electrons. The van der Waals surface area contributed by atoms with E-state index < -0.39 is 24.3 Å². The summed E-state index contributed by atoms with van der Waals surface area (Å²) in [5.41, 5.74) is -0.182. The largest absolute Gasteiger partial charge is 0.434 e. The van der Waals surface area contributed by atoms with Crippen LogP contribution in [0.25, 0.3) is 11.4 Å². The third-order valence-corrected chi connectivity index (χ3v) is 3.67. The molecule has 24 heavy (non-hydrogen) atoms. The van der Waals surface area contributed by atoms with Gasteiger partial charge >= 0.3 is 6.18 Å². The van der Waals surface area contributed by atoms with Crippen molar-refractivity contribution in [2.24, 2.45) is 0 Å². The summed E-state index contributed by atoms with van der Waals surface area (Å²) in [5.74, 6) is 0.155. The Balaban J connectivity index is 2.43. The van der Waals surface area contributed by atoms with E-state index >= 15 is 0 Å². The van der Waals surface area contributed by atoms with E-state index in [0.29, 0.717) is 11.1 Å². The molecule has 0 aliphatic heterocycles. The van der Waals surface area contributed by atoms with Gasteiger partial charge in [0.1, 0.15) is 5.82 Å². The minimum Gasteiger partial charge on any atom is -0.328 e. The summed E-state index contributed by atoms with van der Waals surface area (Å²) >= 11 is 0. The van der Waals surface area contributed by atoms with E-state index in [1.165, 1.54) is 35.9 Å². The van der Waals surface area contributed by atoms with Crippen molar-refractivity contribution in [1.29, 1.82) is 0 Å². The fourth-order valence-corrected chi connectivity index (χ4v) is 2.42. The normalized spacial score (nSPS) is 13.8. The summed E-state index contributed by atoms with van der Waals surface area (Å²) in [6.45, 7) is 3.49. The maximum atomic E-state index is 12.9. The summed E-state index contributed by atoms with van der Waals surface area (Å²) in [5, 5.41) is 2.51. The molecule has 0 bridgehead atoms. The second-order valence-corrected chi connectivity index (χ2v) is 5.67. The van der Waals surface area contributed by atoms with Crippen molar-refractivity contribution in [2.45, 2.75) is 38.5 Å². The smallest absolute Gasteiger partial charge is 0.328 e. The number of alkyl halides is 5. The molecule has 1 aromatic carbocycles. The van der Waals surface area contributed by atoms with Crippen molar-refractivity contribution in [1.82, 2.24) is 14.9 Å². The van der Waals surface area contributed by atoms with Crippen molar-refractivity contribution in [3.05, 3.63) is 41.7 Å². The van der Waals surface area contributed by atoms with E-state index in [9.17, 15) is 22.0 Å². The fourth-order valence-electron chi connectivity index (χ4n) is 2.42. The van der Waals surface area contributed by atoms with Crippen LogP contribution in [0.15, 0.2) is 30.5 Å². The molecule has 1 atom stereocenters. The number of hydrogen-bond donors (Lipinski definition) is 1. The topological polar surface area (TPSA) is 29.9 Å². The predicted octanol–water partition coefficient (Wildman–Crippen LogP) is 4.68. The first-order valence-corrected chi connectivity index (χ1v) is 7.37. The van der Waals surface area contributed by atoms with Gasteiger partial charge in [0, 0.05) is 17.8 Å². The molecule has 3 nitrogen and oxygen atoms in total. The van der Waals surface area contributed by atoms with Crippen LogP contribution in [-0.4, -0.2) is 23.0 Å². The highest BCUT2D eigenvalue weighted by molar-refractivity contribution is 5.57. The van der Waals surface area contributed by atoms with E-state index in [4.69, 9.17) is 0 Å². The Morgan fingerprint density at radius 3 is 2.08 bits per heavy atom. The zero-order valence-electron chi connectivity index (χ0n) is 13.4. The number of nitrogens with one attached hydrogen (secondary N) is 1. The SMILES string of the molecule is CN[C@H](c1ccc(-c2nc(C(F)(F)F)cn2C(C)C)cc1)C(F)F. The minimum atomic E-state index is -4.54. The Morgan fingerprint density at radius 1 is 1.08 bits per heavy atom. The van der Waals surface area contributed by atoms with Crippen LogP contribution in [0.4, 0.5) is 22.0 Å². The molecule has 0 spiro atoms. The third-order valence-electron chi connectivity index (χ3n) is 3.67. The number of halogens is 5. The van der Waals surface area contributed by atoms with E-state index in [2.05, 4.69) is 10.3 Å². The molecular formula is C16H18F5N3. The number of aromatic nitrogens is 2. The lowest BCUT2D eigenvalue weighted by molar-refractivity contribution is -0.140. The average Bonchev–Trinajstić information content (AvgIpc) is 2.94. The molecule has 2 rings (SSSR count). The van der Waals surface area contributed by atoms with Gasteiger partial charge < -0.3 is 9.88 Å². The van der Waals surface area contributed by atoms with Crippen LogP contribution in [0.2, 0.25) is 0 Å². The highest BCUT2D eigenvalue weighted by Gasteiger charge is 2.35. The quantitative estimate of drug-likeness (QED) is 0.796. The summed E-state index contributed by atoms with van der Waals surface area (Å²) < 4.78 is 65.9. The second kappa shape index (κ2) is 6.88. The zero-order valence-corrected chi connectivity index (χ0v) is 13.4. The molecule has 1 aromatic heterocycles. The minimum absolute atomic E-state index is 0.155. The average molecular weight is 347 g/mol. The Kier molecular flexibility index (Phi) is 5.27. The lowest BCUT2D eigenvalue weighted by Gasteiger charge is -2.16. The Bertz CT molecular complexity index is 674. The second-order valence-electron chi connectivity index (χ2n) is 5.67. The van der Waals surface area contributed by atoms with Crippen LogP contribution in [0.5, 0.6) is 0 Å². The zero-order chi connectivity index (χ0) is 18.1. The molecule has 1 heterocycles. The lowest BCUT2D eigenvalue weighted by atomic mass is 10.0. The number of imidazole rings is 1. The molecule has 0 unspecified atom stereocenters. The maximum Gasteiger partial charge on any atom is 0.434 e. The monoisotopic (exact) mass is 347 g/mol. The molecule has 2 aromatic rings. The summed E-state index contributed by atoms with van der Waals surface area (Å²) in [6.07, 6.45) is -6.17. The van der Waals surface area contributed by atoms with Gasteiger partial charge in [0.15, 0.2) is 5.69 Å². The lowest BCUT2D eigenvalue weighted by Crippen LogP contribution is -2.23. The van der Waals surface area contributed by atoms with E-state index in [-0.39, 0.29) is 11.9 Å². The van der Waals surface area contributed by atoms with Gasteiger partial charge in [-0.05, 0) is 26.5 Å². The first-order valence-electron chi connectivity index (χ1n) is 7.37. The molecule has 0 saturated carbocycles. The molecule has 0 amide bonds. The molecule has 132 valence electrons. The van der Waals surface area contributed by atoms with E-state index in [0.717, 1.165) is 6.20 Å². The maximum absolute atomic E-state index is 12.9. The molecule has 1 N–H and O–H groups in total. The number of benzene rings is 1. The van der Waals surface area contributed by atoms with E-state index in [1.807, 2.05) is 0 Å². The molecule has 0 fully saturated rings. The summed E-state index contributed by atoms with van der Waals surface area (Å²) in [7, 11) is 1.42. The van der Waals surface area contributed by atoms with Gasteiger partial charge in [-0.2, -0.15) is 13.2 Å². The first kappa shape index (κ1) is 18.4. The Morgan fingerprint density at radius 2 is 1.67 bits per heavy atom.